The molecule has 0 amide bonds. The summed E-state index contributed by atoms with van der Waals surface area (Å²) in [6, 6.07) is 15.6. The zero-order valence-electron chi connectivity index (χ0n) is 14.9. The van der Waals surface area contributed by atoms with Crippen molar-refractivity contribution in [3.05, 3.63) is 76.9 Å². The summed E-state index contributed by atoms with van der Waals surface area (Å²) < 4.78 is 0. The van der Waals surface area contributed by atoms with Crippen LogP contribution in [0.1, 0.15) is 40.6 Å². The van der Waals surface area contributed by atoms with E-state index in [1.807, 2.05) is 42.5 Å². The number of fused-ring (bicyclic) bond motifs is 5. The third kappa shape index (κ3) is 1.83. The molecule has 28 heavy (non-hydrogen) atoms. The summed E-state index contributed by atoms with van der Waals surface area (Å²) in [5, 5.41) is 48.4. The highest BCUT2D eigenvalue weighted by atomic mass is 16.3. The van der Waals surface area contributed by atoms with E-state index in [0.717, 1.165) is 37.9 Å². The van der Waals surface area contributed by atoms with Crippen LogP contribution >= 0.6 is 0 Å². The summed E-state index contributed by atoms with van der Waals surface area (Å²) in [6.07, 6.45) is -0.748. The van der Waals surface area contributed by atoms with E-state index in [-0.39, 0.29) is 0 Å². The minimum absolute atomic E-state index is 0.577. The van der Waals surface area contributed by atoms with Crippen molar-refractivity contribution < 1.29 is 20.4 Å². The van der Waals surface area contributed by atoms with Crippen molar-refractivity contribution >= 4 is 38.4 Å². The lowest BCUT2D eigenvalue weighted by Crippen LogP contribution is -2.22. The van der Waals surface area contributed by atoms with Gasteiger partial charge >= 0.3 is 0 Å². The second kappa shape index (κ2) is 5.40. The summed E-state index contributed by atoms with van der Waals surface area (Å²) in [6.45, 7) is 0. The largest absolute Gasteiger partial charge is 0.386 e. The Bertz CT molecular complexity index is 1340. The van der Waals surface area contributed by atoms with Gasteiger partial charge in [0.25, 0.3) is 0 Å². The fourth-order valence-electron chi connectivity index (χ4n) is 5.03. The van der Waals surface area contributed by atoms with E-state index in [4.69, 9.17) is 0 Å². The van der Waals surface area contributed by atoms with Crippen molar-refractivity contribution in [2.24, 2.45) is 0 Å². The van der Waals surface area contributed by atoms with Crippen LogP contribution in [0.25, 0.3) is 38.4 Å². The van der Waals surface area contributed by atoms with Crippen molar-refractivity contribution in [3.8, 4) is 0 Å². The molecule has 0 heterocycles. The Balaban J connectivity index is 1.98. The van der Waals surface area contributed by atoms with Crippen LogP contribution in [-0.2, 0) is 0 Å². The van der Waals surface area contributed by atoms with Gasteiger partial charge in [0.1, 0.15) is 24.4 Å². The molecule has 0 spiro atoms. The molecule has 0 unspecified atom stereocenters. The first-order valence-corrected chi connectivity index (χ1v) is 9.42. The molecule has 0 aromatic heterocycles. The maximum Gasteiger partial charge on any atom is 0.110 e. The first kappa shape index (κ1) is 16.2. The van der Waals surface area contributed by atoms with Gasteiger partial charge in [-0.2, -0.15) is 0 Å². The van der Waals surface area contributed by atoms with E-state index in [1.165, 1.54) is 0 Å². The SMILES string of the molecule is O[C@@H]1C=Cc2c(cc3c4c5c(cccc5c5ccccc5c24)[C@@H](O)[C@@H]3O)[C@H]1O. The van der Waals surface area contributed by atoms with Gasteiger partial charge in [0.15, 0.2) is 0 Å². The molecule has 4 N–H and O–H groups in total. The van der Waals surface area contributed by atoms with Crippen LogP contribution in [-0.4, -0.2) is 26.5 Å². The highest BCUT2D eigenvalue weighted by Crippen LogP contribution is 2.51. The second-order valence-electron chi connectivity index (χ2n) is 7.72. The van der Waals surface area contributed by atoms with Crippen molar-refractivity contribution in [1.82, 2.24) is 0 Å². The van der Waals surface area contributed by atoms with Gasteiger partial charge in [-0.25, -0.2) is 0 Å². The van der Waals surface area contributed by atoms with Crippen molar-refractivity contribution in [2.45, 2.75) is 24.4 Å². The molecule has 6 rings (SSSR count). The quantitative estimate of drug-likeness (QED) is 0.356. The molecule has 4 nitrogen and oxygen atoms in total. The predicted molar refractivity (Wildman–Crippen MR) is 109 cm³/mol. The fraction of sp³-hybridized carbons (Fsp3) is 0.167. The first-order chi connectivity index (χ1) is 13.6. The van der Waals surface area contributed by atoms with Crippen molar-refractivity contribution in [1.29, 1.82) is 0 Å². The third-order valence-electron chi connectivity index (χ3n) is 6.30. The molecule has 4 aromatic carbocycles. The van der Waals surface area contributed by atoms with Gasteiger partial charge < -0.3 is 20.4 Å². The van der Waals surface area contributed by atoms with E-state index in [1.54, 1.807) is 12.1 Å². The number of hydrogen-bond donors (Lipinski definition) is 4. The molecule has 138 valence electrons. The van der Waals surface area contributed by atoms with Crippen LogP contribution in [0.3, 0.4) is 0 Å². The molecule has 2 aliphatic carbocycles. The third-order valence-corrected chi connectivity index (χ3v) is 6.30. The second-order valence-corrected chi connectivity index (χ2v) is 7.72. The van der Waals surface area contributed by atoms with Crippen LogP contribution in [0.15, 0.2) is 54.6 Å². The van der Waals surface area contributed by atoms with Gasteiger partial charge in [-0.3, -0.25) is 0 Å². The number of rotatable bonds is 0. The minimum Gasteiger partial charge on any atom is -0.386 e. The summed E-state index contributed by atoms with van der Waals surface area (Å²) in [5.41, 5.74) is 2.74. The number of aliphatic hydroxyl groups excluding tert-OH is 4. The van der Waals surface area contributed by atoms with Crippen molar-refractivity contribution in [2.75, 3.05) is 0 Å². The summed E-state index contributed by atoms with van der Waals surface area (Å²) in [5.74, 6) is 0. The van der Waals surface area contributed by atoms with Gasteiger partial charge in [0.2, 0.25) is 0 Å². The van der Waals surface area contributed by atoms with Crippen LogP contribution in [0, 0.1) is 0 Å². The molecule has 0 radical (unpaired) electrons. The molecule has 0 fully saturated rings. The van der Waals surface area contributed by atoms with E-state index >= 15 is 0 Å². The Morgan fingerprint density at radius 2 is 1.25 bits per heavy atom. The summed E-state index contributed by atoms with van der Waals surface area (Å²) in [4.78, 5) is 0. The Morgan fingerprint density at radius 3 is 2.07 bits per heavy atom. The average Bonchev–Trinajstić information content (AvgIpc) is 2.73. The number of benzene rings is 4. The Labute approximate surface area is 160 Å². The standard InChI is InChI=1S/C24H18O4/c25-18-9-8-14-16(22(18)26)10-17-21-19(14)12-5-2-1-4-11(12)13-6-3-7-15(20(13)21)23(27)24(17)28/h1-10,18,22-28H/t18-,22-,23-,24-/m1/s1. The molecular formula is C24H18O4. The number of aliphatic hydroxyl groups is 4. The molecule has 4 aromatic rings. The first-order valence-electron chi connectivity index (χ1n) is 9.42. The number of hydrogen-bond acceptors (Lipinski definition) is 4. The Hall–Kier alpha value is -2.76. The summed E-state index contributed by atoms with van der Waals surface area (Å²) >= 11 is 0. The van der Waals surface area contributed by atoms with E-state index < -0.39 is 24.4 Å². The lowest BCUT2D eigenvalue weighted by atomic mass is 9.76. The van der Waals surface area contributed by atoms with Gasteiger partial charge in [0, 0.05) is 0 Å². The Morgan fingerprint density at radius 1 is 0.571 bits per heavy atom. The molecule has 0 aliphatic heterocycles. The smallest absolute Gasteiger partial charge is 0.110 e. The van der Waals surface area contributed by atoms with E-state index in [9.17, 15) is 20.4 Å². The molecular weight excluding hydrogens is 352 g/mol. The van der Waals surface area contributed by atoms with E-state index in [0.29, 0.717) is 16.7 Å². The highest BCUT2D eigenvalue weighted by molar-refractivity contribution is 6.29. The van der Waals surface area contributed by atoms with Crippen molar-refractivity contribution in [3.63, 3.8) is 0 Å². The summed E-state index contributed by atoms with van der Waals surface area (Å²) in [7, 11) is 0. The predicted octanol–water partition coefficient (Wildman–Crippen LogP) is 3.65. The lowest BCUT2D eigenvalue weighted by Gasteiger charge is -2.32. The molecule has 0 bridgehead atoms. The van der Waals surface area contributed by atoms with Crippen LogP contribution in [0.2, 0.25) is 0 Å². The lowest BCUT2D eigenvalue weighted by molar-refractivity contribution is 0.0172. The van der Waals surface area contributed by atoms with Gasteiger partial charge in [-0.1, -0.05) is 54.6 Å². The average molecular weight is 370 g/mol. The fourth-order valence-corrected chi connectivity index (χ4v) is 5.03. The van der Waals surface area contributed by atoms with Crippen LogP contribution < -0.4 is 0 Å². The van der Waals surface area contributed by atoms with Gasteiger partial charge in [0.05, 0.1) is 0 Å². The van der Waals surface area contributed by atoms with Gasteiger partial charge in [-0.05, 0) is 60.6 Å². The molecule has 0 saturated carbocycles. The van der Waals surface area contributed by atoms with Crippen LogP contribution in [0.4, 0.5) is 0 Å². The molecule has 0 saturated heterocycles. The zero-order valence-corrected chi connectivity index (χ0v) is 14.9. The van der Waals surface area contributed by atoms with E-state index in [2.05, 4.69) is 6.07 Å². The maximum absolute atomic E-state index is 10.9. The monoisotopic (exact) mass is 370 g/mol. The normalized spacial score (nSPS) is 25.7. The minimum atomic E-state index is -1.10. The topological polar surface area (TPSA) is 80.9 Å². The highest BCUT2D eigenvalue weighted by Gasteiger charge is 2.34. The maximum atomic E-state index is 10.9. The Kier molecular flexibility index (Phi) is 3.13. The van der Waals surface area contributed by atoms with Crippen LogP contribution in [0.5, 0.6) is 0 Å². The zero-order chi connectivity index (χ0) is 19.2. The molecule has 4 heteroatoms. The molecule has 4 atom stereocenters. The van der Waals surface area contributed by atoms with Gasteiger partial charge in [-0.15, -0.1) is 0 Å². The molecule has 2 aliphatic rings.